The van der Waals surface area contributed by atoms with Gasteiger partial charge in [-0.3, -0.25) is 9.59 Å². The summed E-state index contributed by atoms with van der Waals surface area (Å²) in [4.78, 5) is 32.6. The summed E-state index contributed by atoms with van der Waals surface area (Å²) in [5.41, 5.74) is 5.41. The zero-order valence-corrected chi connectivity index (χ0v) is 9.76. The zero-order chi connectivity index (χ0) is 14.1. The van der Waals surface area contributed by atoms with Gasteiger partial charge in [0.25, 0.3) is 0 Å². The van der Waals surface area contributed by atoms with Gasteiger partial charge in [-0.05, 0) is 12.8 Å². The first-order valence-corrected chi connectivity index (χ1v) is 5.32. The van der Waals surface area contributed by atoms with Crippen molar-refractivity contribution >= 4 is 17.8 Å². The molecule has 0 bridgehead atoms. The topological polar surface area (TPSA) is 130 Å². The number of nitrogens with two attached hydrogens (primary N) is 1. The molecule has 0 aliphatic carbocycles. The molecule has 0 aromatic carbocycles. The van der Waals surface area contributed by atoms with E-state index in [2.05, 4.69) is 11.2 Å². The molecular weight excluding hydrogens is 240 g/mol. The molecule has 2 atom stereocenters. The summed E-state index contributed by atoms with van der Waals surface area (Å²) in [6.07, 6.45) is 5.00. The van der Waals surface area contributed by atoms with Gasteiger partial charge in [-0.25, -0.2) is 4.79 Å². The smallest absolute Gasteiger partial charge is 0.326 e. The van der Waals surface area contributed by atoms with Crippen LogP contribution in [0.15, 0.2) is 0 Å². The fraction of sp³-hybridized carbons (Fsp3) is 0.545. The third-order valence-corrected chi connectivity index (χ3v) is 2.17. The van der Waals surface area contributed by atoms with E-state index in [4.69, 9.17) is 22.4 Å². The fourth-order valence-corrected chi connectivity index (χ4v) is 1.21. The summed E-state index contributed by atoms with van der Waals surface area (Å²) in [7, 11) is 0. The molecule has 100 valence electrons. The van der Waals surface area contributed by atoms with Crippen LogP contribution in [0.2, 0.25) is 0 Å². The minimum absolute atomic E-state index is 0.00724. The molecule has 0 spiro atoms. The lowest BCUT2D eigenvalue weighted by Gasteiger charge is -2.16. The van der Waals surface area contributed by atoms with Crippen molar-refractivity contribution in [2.75, 3.05) is 0 Å². The highest BCUT2D eigenvalue weighted by Crippen LogP contribution is 2.02. The van der Waals surface area contributed by atoms with E-state index < -0.39 is 29.9 Å². The van der Waals surface area contributed by atoms with Crippen LogP contribution in [0.1, 0.15) is 25.7 Å². The van der Waals surface area contributed by atoms with Crippen LogP contribution < -0.4 is 11.1 Å². The van der Waals surface area contributed by atoms with E-state index in [1.54, 1.807) is 0 Å². The molecular formula is C11H16N2O5. The van der Waals surface area contributed by atoms with Gasteiger partial charge in [-0.2, -0.15) is 0 Å². The molecule has 7 nitrogen and oxygen atoms in total. The van der Waals surface area contributed by atoms with Gasteiger partial charge in [0.2, 0.25) is 5.91 Å². The molecule has 0 aliphatic rings. The summed E-state index contributed by atoms with van der Waals surface area (Å²) >= 11 is 0. The summed E-state index contributed by atoms with van der Waals surface area (Å²) < 4.78 is 0. The number of carbonyl (C=O) groups is 3. The third-order valence-electron chi connectivity index (χ3n) is 2.17. The Bertz CT molecular complexity index is 361. The molecule has 0 aromatic rings. The molecule has 0 aliphatic heterocycles. The highest BCUT2D eigenvalue weighted by molar-refractivity contribution is 5.86. The molecule has 5 N–H and O–H groups in total. The second kappa shape index (κ2) is 8.08. The number of amides is 1. The average Bonchev–Trinajstić information content (AvgIpc) is 2.27. The van der Waals surface area contributed by atoms with Crippen LogP contribution in [0.4, 0.5) is 0 Å². The first kappa shape index (κ1) is 15.9. The minimum Gasteiger partial charge on any atom is -0.481 e. The number of hydrogen-bond donors (Lipinski definition) is 4. The molecule has 1 unspecified atom stereocenters. The normalized spacial score (nSPS) is 13.1. The van der Waals surface area contributed by atoms with E-state index >= 15 is 0 Å². The van der Waals surface area contributed by atoms with E-state index in [9.17, 15) is 14.4 Å². The van der Waals surface area contributed by atoms with Gasteiger partial charge in [0.05, 0.1) is 6.04 Å². The van der Waals surface area contributed by atoms with Crippen LogP contribution in [0.3, 0.4) is 0 Å². The maximum absolute atomic E-state index is 11.4. The van der Waals surface area contributed by atoms with Crippen LogP contribution in [0, 0.1) is 12.3 Å². The predicted molar refractivity (Wildman–Crippen MR) is 62.5 cm³/mol. The van der Waals surface area contributed by atoms with E-state index in [-0.39, 0.29) is 25.7 Å². The monoisotopic (exact) mass is 256 g/mol. The Kier molecular flexibility index (Phi) is 7.15. The van der Waals surface area contributed by atoms with Crippen LogP contribution in [-0.2, 0) is 14.4 Å². The van der Waals surface area contributed by atoms with Gasteiger partial charge in [0.15, 0.2) is 0 Å². The van der Waals surface area contributed by atoms with Crippen LogP contribution in [0.25, 0.3) is 0 Å². The molecule has 1 amide bonds. The van der Waals surface area contributed by atoms with Crippen LogP contribution in [-0.4, -0.2) is 40.1 Å². The Balaban J connectivity index is 4.28. The summed E-state index contributed by atoms with van der Waals surface area (Å²) in [6.45, 7) is 0. The lowest BCUT2D eigenvalue weighted by atomic mass is 10.1. The number of nitrogens with one attached hydrogen (secondary N) is 1. The van der Waals surface area contributed by atoms with E-state index in [1.165, 1.54) is 0 Å². The van der Waals surface area contributed by atoms with E-state index in [0.29, 0.717) is 0 Å². The van der Waals surface area contributed by atoms with Crippen molar-refractivity contribution in [2.24, 2.45) is 5.73 Å². The van der Waals surface area contributed by atoms with Crippen LogP contribution >= 0.6 is 0 Å². The molecule has 0 radical (unpaired) electrons. The molecule has 0 saturated heterocycles. The molecule has 0 rings (SSSR count). The largest absolute Gasteiger partial charge is 0.481 e. The lowest BCUT2D eigenvalue weighted by Crippen LogP contribution is -2.48. The maximum Gasteiger partial charge on any atom is 0.326 e. The fourth-order valence-electron chi connectivity index (χ4n) is 1.21. The van der Waals surface area contributed by atoms with Crippen molar-refractivity contribution in [3.05, 3.63) is 0 Å². The zero-order valence-electron chi connectivity index (χ0n) is 9.76. The number of hydrogen-bond acceptors (Lipinski definition) is 4. The van der Waals surface area contributed by atoms with Gasteiger partial charge in [0, 0.05) is 12.8 Å². The van der Waals surface area contributed by atoms with Gasteiger partial charge in [0.1, 0.15) is 6.04 Å². The number of rotatable bonds is 8. The Labute approximate surface area is 104 Å². The van der Waals surface area contributed by atoms with Gasteiger partial charge in [-0.15, -0.1) is 12.3 Å². The standard InChI is InChI=1S/C11H16N2O5/c1-2-4-7(12)10(16)13-8(11(17)18)5-3-6-9(14)15/h1,7-8H,3-6,12H2,(H,13,16)(H,14,15)(H,17,18)/t7?,8-/m1/s1. The van der Waals surface area contributed by atoms with E-state index in [0.717, 1.165) is 0 Å². The Morgan fingerprint density at radius 3 is 2.39 bits per heavy atom. The first-order valence-electron chi connectivity index (χ1n) is 5.32. The summed E-state index contributed by atoms with van der Waals surface area (Å²) in [5, 5.41) is 19.5. The number of carboxylic acid groups (broad SMARTS) is 2. The number of aliphatic carboxylic acids is 2. The van der Waals surface area contributed by atoms with Gasteiger partial charge in [-0.1, -0.05) is 0 Å². The van der Waals surface area contributed by atoms with Crippen molar-refractivity contribution < 1.29 is 24.6 Å². The first-order chi connectivity index (χ1) is 8.38. The number of terminal acetylenes is 1. The van der Waals surface area contributed by atoms with E-state index in [1.807, 2.05) is 0 Å². The minimum atomic E-state index is -1.23. The third kappa shape index (κ3) is 6.50. The quantitative estimate of drug-likeness (QED) is 0.419. The van der Waals surface area contributed by atoms with Gasteiger partial charge < -0.3 is 21.3 Å². The number of carboxylic acids is 2. The summed E-state index contributed by atoms with van der Waals surface area (Å²) in [6, 6.07) is -2.11. The van der Waals surface area contributed by atoms with Crippen molar-refractivity contribution in [2.45, 2.75) is 37.8 Å². The van der Waals surface area contributed by atoms with Crippen LogP contribution in [0.5, 0.6) is 0 Å². The second-order valence-corrected chi connectivity index (χ2v) is 3.70. The molecule has 0 aromatic heterocycles. The molecule has 7 heteroatoms. The Hall–Kier alpha value is -2.07. The van der Waals surface area contributed by atoms with Crippen molar-refractivity contribution in [3.8, 4) is 12.3 Å². The SMILES string of the molecule is C#CCC(N)C(=O)N[C@H](CCCC(=O)O)C(=O)O. The highest BCUT2D eigenvalue weighted by Gasteiger charge is 2.22. The van der Waals surface area contributed by atoms with Crippen molar-refractivity contribution in [1.29, 1.82) is 0 Å². The average molecular weight is 256 g/mol. The highest BCUT2D eigenvalue weighted by atomic mass is 16.4. The summed E-state index contributed by atoms with van der Waals surface area (Å²) in [5.74, 6) is -0.712. The molecule has 0 saturated carbocycles. The molecule has 18 heavy (non-hydrogen) atoms. The molecule has 0 heterocycles. The second-order valence-electron chi connectivity index (χ2n) is 3.70. The predicted octanol–water partition coefficient (Wildman–Crippen LogP) is -0.839. The van der Waals surface area contributed by atoms with Gasteiger partial charge >= 0.3 is 11.9 Å². The molecule has 0 fully saturated rings. The maximum atomic E-state index is 11.4. The van der Waals surface area contributed by atoms with Crippen molar-refractivity contribution in [1.82, 2.24) is 5.32 Å². The Morgan fingerprint density at radius 2 is 1.94 bits per heavy atom. The van der Waals surface area contributed by atoms with Crippen molar-refractivity contribution in [3.63, 3.8) is 0 Å². The number of carbonyl (C=O) groups excluding carboxylic acids is 1. The Morgan fingerprint density at radius 1 is 1.33 bits per heavy atom. The lowest BCUT2D eigenvalue weighted by molar-refractivity contribution is -0.142.